The summed E-state index contributed by atoms with van der Waals surface area (Å²) in [5.74, 6) is 1.24. The van der Waals surface area contributed by atoms with E-state index < -0.39 is 5.91 Å². The van der Waals surface area contributed by atoms with Gasteiger partial charge in [-0.25, -0.2) is 9.97 Å². The van der Waals surface area contributed by atoms with Crippen molar-refractivity contribution < 1.29 is 14.3 Å². The molecule has 1 aliphatic heterocycles. The summed E-state index contributed by atoms with van der Waals surface area (Å²) in [4.78, 5) is 22.1. The fourth-order valence-corrected chi connectivity index (χ4v) is 4.52. The number of nitrogens with one attached hydrogen (secondary N) is 1. The van der Waals surface area contributed by atoms with Gasteiger partial charge in [-0.3, -0.25) is 9.36 Å². The maximum Gasteiger partial charge on any atom is 0.289 e. The van der Waals surface area contributed by atoms with Crippen molar-refractivity contribution in [2.24, 2.45) is 0 Å². The molecule has 0 radical (unpaired) electrons. The molecule has 3 heterocycles. The SMILES string of the molecule is Cc1cccc(-n2c3ccccc3c3c(N)nc(C(=O)NCc4ccc5c(c4)OCO5)nc32)c1C. The lowest BCUT2D eigenvalue weighted by Gasteiger charge is -2.13. The number of fused-ring (bicyclic) bond motifs is 4. The van der Waals surface area contributed by atoms with E-state index in [1.54, 1.807) is 0 Å². The summed E-state index contributed by atoms with van der Waals surface area (Å²) in [6.07, 6.45) is 0. The van der Waals surface area contributed by atoms with Crippen LogP contribution in [0.1, 0.15) is 27.3 Å². The smallest absolute Gasteiger partial charge is 0.289 e. The Morgan fingerprint density at radius 2 is 1.86 bits per heavy atom. The van der Waals surface area contributed by atoms with Crippen LogP contribution in [-0.2, 0) is 6.54 Å². The molecule has 0 atom stereocenters. The molecule has 8 heteroatoms. The third-order valence-electron chi connectivity index (χ3n) is 6.45. The lowest BCUT2D eigenvalue weighted by molar-refractivity contribution is 0.0941. The number of hydrogen-bond acceptors (Lipinski definition) is 6. The van der Waals surface area contributed by atoms with E-state index in [0.29, 0.717) is 17.1 Å². The van der Waals surface area contributed by atoms with Crippen LogP contribution in [0.2, 0.25) is 0 Å². The lowest BCUT2D eigenvalue weighted by Crippen LogP contribution is -2.25. The highest BCUT2D eigenvalue weighted by Crippen LogP contribution is 2.35. The average molecular weight is 466 g/mol. The number of anilines is 1. The summed E-state index contributed by atoms with van der Waals surface area (Å²) < 4.78 is 12.8. The van der Waals surface area contributed by atoms with Gasteiger partial charge in [0.15, 0.2) is 17.1 Å². The number of rotatable bonds is 4. The molecule has 8 nitrogen and oxygen atoms in total. The maximum atomic E-state index is 13.1. The summed E-state index contributed by atoms with van der Waals surface area (Å²) in [7, 11) is 0. The maximum absolute atomic E-state index is 13.1. The first kappa shape index (κ1) is 21.0. The number of hydrogen-bond donors (Lipinski definition) is 2. The Morgan fingerprint density at radius 1 is 1.03 bits per heavy atom. The van der Waals surface area contributed by atoms with Gasteiger partial charge >= 0.3 is 0 Å². The molecule has 1 aliphatic rings. The number of nitrogen functional groups attached to an aromatic ring is 1. The number of carbonyl (C=O) groups is 1. The molecule has 5 aromatic rings. The van der Waals surface area contributed by atoms with Gasteiger partial charge in [-0.1, -0.05) is 36.4 Å². The van der Waals surface area contributed by atoms with E-state index in [0.717, 1.165) is 38.7 Å². The van der Waals surface area contributed by atoms with Crippen LogP contribution in [0, 0.1) is 13.8 Å². The first-order valence-electron chi connectivity index (χ1n) is 11.3. The second-order valence-corrected chi connectivity index (χ2v) is 8.57. The average Bonchev–Trinajstić information content (AvgIpc) is 3.46. The van der Waals surface area contributed by atoms with E-state index in [4.69, 9.17) is 20.2 Å². The topological polar surface area (TPSA) is 104 Å². The first-order valence-corrected chi connectivity index (χ1v) is 11.3. The molecule has 0 bridgehead atoms. The van der Waals surface area contributed by atoms with Crippen LogP contribution in [0.4, 0.5) is 5.82 Å². The summed E-state index contributed by atoms with van der Waals surface area (Å²) in [6.45, 7) is 4.64. The van der Waals surface area contributed by atoms with Gasteiger partial charge in [-0.2, -0.15) is 0 Å². The van der Waals surface area contributed by atoms with E-state index in [-0.39, 0.29) is 25.0 Å². The third-order valence-corrected chi connectivity index (χ3v) is 6.45. The second-order valence-electron chi connectivity index (χ2n) is 8.57. The van der Waals surface area contributed by atoms with E-state index in [1.807, 2.05) is 54.6 Å². The molecule has 2 aromatic heterocycles. The molecule has 6 rings (SSSR count). The standard InChI is InChI=1S/C27H23N5O3/c1-15-6-5-9-19(16(15)2)32-20-8-4-3-7-18(20)23-24(28)30-25(31-26(23)32)27(33)29-13-17-10-11-21-22(12-17)35-14-34-21/h3-12H,13-14H2,1-2H3,(H,29,33)(H2,28,30,31). The Hall–Kier alpha value is -4.59. The number of benzene rings is 3. The Morgan fingerprint density at radius 3 is 2.74 bits per heavy atom. The highest BCUT2D eigenvalue weighted by Gasteiger charge is 2.21. The molecular weight excluding hydrogens is 442 g/mol. The van der Waals surface area contributed by atoms with Gasteiger partial charge in [0.05, 0.1) is 16.6 Å². The van der Waals surface area contributed by atoms with Gasteiger partial charge in [0.2, 0.25) is 12.6 Å². The summed E-state index contributed by atoms with van der Waals surface area (Å²) in [5.41, 5.74) is 12.1. The number of aromatic nitrogens is 3. The zero-order valence-electron chi connectivity index (χ0n) is 19.3. The minimum absolute atomic E-state index is 0.0186. The van der Waals surface area contributed by atoms with Crippen LogP contribution in [0.3, 0.4) is 0 Å². The van der Waals surface area contributed by atoms with Gasteiger partial charge in [-0.15, -0.1) is 0 Å². The molecule has 0 spiro atoms. The number of amides is 1. The number of nitrogens with two attached hydrogens (primary N) is 1. The zero-order chi connectivity index (χ0) is 24.1. The van der Waals surface area contributed by atoms with Gasteiger partial charge in [0.25, 0.3) is 5.91 Å². The largest absolute Gasteiger partial charge is 0.454 e. The Balaban J connectivity index is 1.43. The predicted molar refractivity (Wildman–Crippen MR) is 134 cm³/mol. The third kappa shape index (κ3) is 3.42. The monoisotopic (exact) mass is 465 g/mol. The van der Waals surface area contributed by atoms with E-state index in [9.17, 15) is 4.79 Å². The molecule has 0 fully saturated rings. The van der Waals surface area contributed by atoms with E-state index in [1.165, 1.54) is 0 Å². The van der Waals surface area contributed by atoms with Crippen LogP contribution in [0.5, 0.6) is 11.5 Å². The fraction of sp³-hybridized carbons (Fsp3) is 0.148. The van der Waals surface area contributed by atoms with Crippen LogP contribution in [-0.4, -0.2) is 27.2 Å². The highest BCUT2D eigenvalue weighted by atomic mass is 16.7. The molecule has 0 aliphatic carbocycles. The number of aryl methyl sites for hydroxylation is 1. The lowest BCUT2D eigenvalue weighted by atomic mass is 10.1. The molecule has 174 valence electrons. The van der Waals surface area contributed by atoms with Crippen molar-refractivity contribution in [3.8, 4) is 17.2 Å². The van der Waals surface area contributed by atoms with Crippen molar-refractivity contribution >= 4 is 33.7 Å². The summed E-state index contributed by atoms with van der Waals surface area (Å²) in [5, 5.41) is 4.56. The first-order chi connectivity index (χ1) is 17.0. The molecular formula is C27H23N5O3. The van der Waals surface area contributed by atoms with Gasteiger partial charge in [-0.05, 0) is 54.8 Å². The van der Waals surface area contributed by atoms with Crippen LogP contribution < -0.4 is 20.5 Å². The van der Waals surface area contributed by atoms with Crippen molar-refractivity contribution in [2.75, 3.05) is 12.5 Å². The fourth-order valence-electron chi connectivity index (χ4n) is 4.52. The number of ether oxygens (including phenoxy) is 2. The predicted octanol–water partition coefficient (Wildman–Crippen LogP) is 4.43. The molecule has 3 aromatic carbocycles. The Labute approximate surface area is 201 Å². The molecule has 35 heavy (non-hydrogen) atoms. The molecule has 3 N–H and O–H groups in total. The highest BCUT2D eigenvalue weighted by molar-refractivity contribution is 6.13. The molecule has 0 saturated carbocycles. The number of carbonyl (C=O) groups excluding carboxylic acids is 1. The minimum Gasteiger partial charge on any atom is -0.454 e. The second kappa shape index (κ2) is 8.02. The normalized spacial score (nSPS) is 12.4. The summed E-state index contributed by atoms with van der Waals surface area (Å²) >= 11 is 0. The molecule has 1 amide bonds. The van der Waals surface area contributed by atoms with Crippen LogP contribution >= 0.6 is 0 Å². The number of para-hydroxylation sites is 1. The van der Waals surface area contributed by atoms with Gasteiger partial charge in [0, 0.05) is 11.9 Å². The Bertz CT molecular complexity index is 1640. The number of nitrogens with zero attached hydrogens (tertiary/aromatic N) is 3. The van der Waals surface area contributed by atoms with Crippen molar-refractivity contribution in [1.82, 2.24) is 19.9 Å². The van der Waals surface area contributed by atoms with E-state index in [2.05, 4.69) is 34.8 Å². The zero-order valence-corrected chi connectivity index (χ0v) is 19.3. The molecule has 0 saturated heterocycles. The minimum atomic E-state index is -0.408. The van der Waals surface area contributed by atoms with Crippen molar-refractivity contribution in [3.05, 3.63) is 83.2 Å². The van der Waals surface area contributed by atoms with Crippen molar-refractivity contribution in [1.29, 1.82) is 0 Å². The quantitative estimate of drug-likeness (QED) is 0.407. The van der Waals surface area contributed by atoms with Gasteiger partial charge < -0.3 is 20.5 Å². The van der Waals surface area contributed by atoms with Crippen molar-refractivity contribution in [3.63, 3.8) is 0 Å². The van der Waals surface area contributed by atoms with Crippen LogP contribution in [0.15, 0.2) is 60.7 Å². The summed E-state index contributed by atoms with van der Waals surface area (Å²) in [6, 6.07) is 19.7. The van der Waals surface area contributed by atoms with Crippen molar-refractivity contribution in [2.45, 2.75) is 20.4 Å². The van der Waals surface area contributed by atoms with E-state index >= 15 is 0 Å². The van der Waals surface area contributed by atoms with Crippen LogP contribution in [0.25, 0.3) is 27.6 Å². The molecule has 0 unspecified atom stereocenters. The van der Waals surface area contributed by atoms with Gasteiger partial charge in [0.1, 0.15) is 5.82 Å². The Kier molecular flexibility index (Phi) is 4.81.